The summed E-state index contributed by atoms with van der Waals surface area (Å²) in [7, 11) is 0. The monoisotopic (exact) mass is 188 g/mol. The van der Waals surface area contributed by atoms with Crippen LogP contribution in [0.4, 0.5) is 0 Å². The van der Waals surface area contributed by atoms with Crippen LogP contribution in [0.5, 0.6) is 0 Å². The van der Waals surface area contributed by atoms with Crippen molar-refractivity contribution in [3.05, 3.63) is 12.2 Å². The van der Waals surface area contributed by atoms with Crippen LogP contribution in [-0.4, -0.2) is 33.6 Å². The molecule has 0 saturated heterocycles. The van der Waals surface area contributed by atoms with Crippen LogP contribution in [0.1, 0.15) is 33.1 Å². The maximum absolute atomic E-state index is 9.45. The van der Waals surface area contributed by atoms with E-state index in [0.717, 1.165) is 5.57 Å². The van der Waals surface area contributed by atoms with Crippen molar-refractivity contribution in [3.8, 4) is 0 Å². The summed E-state index contributed by atoms with van der Waals surface area (Å²) in [5.74, 6) is 0. The van der Waals surface area contributed by atoms with E-state index in [1.807, 2.05) is 0 Å². The topological polar surface area (TPSA) is 60.7 Å². The Labute approximate surface area is 79.7 Å². The molecule has 78 valence electrons. The van der Waals surface area contributed by atoms with Gasteiger partial charge in [-0.15, -0.1) is 0 Å². The van der Waals surface area contributed by atoms with Crippen LogP contribution in [0.3, 0.4) is 0 Å². The van der Waals surface area contributed by atoms with E-state index in [-0.39, 0.29) is 6.61 Å². The summed E-state index contributed by atoms with van der Waals surface area (Å²) in [5.41, 5.74) is -0.148. The van der Waals surface area contributed by atoms with Gasteiger partial charge in [-0.05, 0) is 33.1 Å². The molecule has 0 fully saturated rings. The fraction of sp³-hybridized carbons (Fsp3) is 0.800. The molecule has 0 aromatic carbocycles. The molecule has 0 rings (SSSR count). The van der Waals surface area contributed by atoms with Gasteiger partial charge in [0.05, 0.1) is 11.7 Å². The first kappa shape index (κ1) is 12.6. The SMILES string of the molecule is C=C(CCO)CCC(O)C(C)(C)O. The van der Waals surface area contributed by atoms with Crippen LogP contribution in [0.2, 0.25) is 0 Å². The molecule has 0 saturated carbocycles. The standard InChI is InChI=1S/C10H20O3/c1-8(6-7-11)4-5-9(12)10(2,3)13/h9,11-13H,1,4-7H2,2-3H3. The molecule has 3 N–H and O–H groups in total. The van der Waals surface area contributed by atoms with Gasteiger partial charge in [-0.25, -0.2) is 0 Å². The van der Waals surface area contributed by atoms with Gasteiger partial charge in [-0.3, -0.25) is 0 Å². The van der Waals surface area contributed by atoms with Crippen molar-refractivity contribution in [1.29, 1.82) is 0 Å². The normalized spacial score (nSPS) is 14.2. The zero-order valence-corrected chi connectivity index (χ0v) is 8.45. The minimum atomic E-state index is -1.06. The first-order valence-corrected chi connectivity index (χ1v) is 4.56. The van der Waals surface area contributed by atoms with Crippen molar-refractivity contribution in [2.45, 2.75) is 44.8 Å². The molecule has 13 heavy (non-hydrogen) atoms. The third-order valence-corrected chi connectivity index (χ3v) is 2.05. The number of aliphatic hydroxyl groups is 3. The summed E-state index contributed by atoms with van der Waals surface area (Å²) in [6, 6.07) is 0. The molecule has 0 bridgehead atoms. The third kappa shape index (κ3) is 5.80. The largest absolute Gasteiger partial charge is 0.396 e. The average molecular weight is 188 g/mol. The van der Waals surface area contributed by atoms with Crippen LogP contribution in [0, 0.1) is 0 Å². The Hall–Kier alpha value is -0.380. The lowest BCUT2D eigenvalue weighted by Crippen LogP contribution is -2.35. The lowest BCUT2D eigenvalue weighted by atomic mass is 9.95. The molecule has 3 heteroatoms. The minimum Gasteiger partial charge on any atom is -0.396 e. The van der Waals surface area contributed by atoms with Crippen molar-refractivity contribution in [2.75, 3.05) is 6.61 Å². The third-order valence-electron chi connectivity index (χ3n) is 2.05. The predicted octanol–water partition coefficient (Wildman–Crippen LogP) is 0.837. The van der Waals surface area contributed by atoms with E-state index in [0.29, 0.717) is 19.3 Å². The second-order valence-corrected chi connectivity index (χ2v) is 3.93. The van der Waals surface area contributed by atoms with E-state index >= 15 is 0 Å². The highest BCUT2D eigenvalue weighted by Gasteiger charge is 2.23. The number of aliphatic hydroxyl groups excluding tert-OH is 2. The van der Waals surface area contributed by atoms with E-state index in [2.05, 4.69) is 6.58 Å². The molecule has 0 aromatic heterocycles. The van der Waals surface area contributed by atoms with Crippen molar-refractivity contribution < 1.29 is 15.3 Å². The summed E-state index contributed by atoms with van der Waals surface area (Å²) in [6.07, 6.45) is 0.968. The summed E-state index contributed by atoms with van der Waals surface area (Å²) in [4.78, 5) is 0. The summed E-state index contributed by atoms with van der Waals surface area (Å²) >= 11 is 0. The molecule has 0 radical (unpaired) electrons. The molecule has 1 unspecified atom stereocenters. The maximum Gasteiger partial charge on any atom is 0.0849 e. The van der Waals surface area contributed by atoms with Gasteiger partial charge >= 0.3 is 0 Å². The highest BCUT2D eigenvalue weighted by atomic mass is 16.3. The molecule has 0 spiro atoms. The Bertz CT molecular complexity index is 158. The highest BCUT2D eigenvalue weighted by molar-refractivity contribution is 4.95. The van der Waals surface area contributed by atoms with Gasteiger partial charge in [0.1, 0.15) is 0 Å². The van der Waals surface area contributed by atoms with Crippen LogP contribution >= 0.6 is 0 Å². The van der Waals surface area contributed by atoms with Gasteiger partial charge in [0.2, 0.25) is 0 Å². The van der Waals surface area contributed by atoms with Crippen molar-refractivity contribution in [3.63, 3.8) is 0 Å². The van der Waals surface area contributed by atoms with Gasteiger partial charge in [0.25, 0.3) is 0 Å². The van der Waals surface area contributed by atoms with Crippen molar-refractivity contribution in [1.82, 2.24) is 0 Å². The molecule has 0 aliphatic heterocycles. The van der Waals surface area contributed by atoms with E-state index in [9.17, 15) is 10.2 Å². The molecule has 0 amide bonds. The van der Waals surface area contributed by atoms with Crippen LogP contribution in [-0.2, 0) is 0 Å². The lowest BCUT2D eigenvalue weighted by molar-refractivity contribution is -0.0510. The Morgan fingerprint density at radius 1 is 1.38 bits per heavy atom. The quantitative estimate of drug-likeness (QED) is 0.541. The molecule has 3 nitrogen and oxygen atoms in total. The smallest absolute Gasteiger partial charge is 0.0849 e. The van der Waals surface area contributed by atoms with Crippen molar-refractivity contribution in [2.24, 2.45) is 0 Å². The summed E-state index contributed by atoms with van der Waals surface area (Å²) in [5, 5.41) is 27.4. The molecule has 0 aliphatic carbocycles. The van der Waals surface area contributed by atoms with Crippen LogP contribution in [0.15, 0.2) is 12.2 Å². The Morgan fingerprint density at radius 3 is 2.31 bits per heavy atom. The zero-order chi connectivity index (χ0) is 10.5. The molecule has 1 atom stereocenters. The molecule has 0 aliphatic rings. The molecule has 0 heterocycles. The molecule has 0 aromatic rings. The van der Waals surface area contributed by atoms with Gasteiger partial charge < -0.3 is 15.3 Å². The van der Waals surface area contributed by atoms with Crippen LogP contribution < -0.4 is 0 Å². The number of rotatable bonds is 6. The highest BCUT2D eigenvalue weighted by Crippen LogP contribution is 2.16. The van der Waals surface area contributed by atoms with Gasteiger partial charge in [0.15, 0.2) is 0 Å². The van der Waals surface area contributed by atoms with E-state index in [4.69, 9.17) is 5.11 Å². The Morgan fingerprint density at radius 2 is 1.92 bits per heavy atom. The summed E-state index contributed by atoms with van der Waals surface area (Å²) < 4.78 is 0. The second-order valence-electron chi connectivity index (χ2n) is 3.93. The average Bonchev–Trinajstić information content (AvgIpc) is 1.99. The van der Waals surface area contributed by atoms with E-state index < -0.39 is 11.7 Å². The number of hydrogen-bond acceptors (Lipinski definition) is 3. The van der Waals surface area contributed by atoms with Gasteiger partial charge in [-0.1, -0.05) is 12.2 Å². The van der Waals surface area contributed by atoms with Crippen molar-refractivity contribution >= 4 is 0 Å². The maximum atomic E-state index is 9.45. The number of hydrogen-bond donors (Lipinski definition) is 3. The fourth-order valence-corrected chi connectivity index (χ4v) is 0.977. The Balaban J connectivity index is 3.70. The van der Waals surface area contributed by atoms with E-state index in [1.54, 1.807) is 13.8 Å². The molecular formula is C10H20O3. The first-order chi connectivity index (χ1) is 5.88. The van der Waals surface area contributed by atoms with Gasteiger partial charge in [-0.2, -0.15) is 0 Å². The van der Waals surface area contributed by atoms with Crippen LogP contribution in [0.25, 0.3) is 0 Å². The second kappa shape index (κ2) is 5.37. The summed E-state index contributed by atoms with van der Waals surface area (Å²) in [6.45, 7) is 6.99. The first-order valence-electron chi connectivity index (χ1n) is 4.56. The van der Waals surface area contributed by atoms with E-state index in [1.165, 1.54) is 0 Å². The predicted molar refractivity (Wildman–Crippen MR) is 52.4 cm³/mol. The molecular weight excluding hydrogens is 168 g/mol. The van der Waals surface area contributed by atoms with Gasteiger partial charge in [0, 0.05) is 6.61 Å². The fourth-order valence-electron chi connectivity index (χ4n) is 0.977. The Kier molecular flexibility index (Phi) is 5.21. The lowest BCUT2D eigenvalue weighted by Gasteiger charge is -2.24. The zero-order valence-electron chi connectivity index (χ0n) is 8.45. The minimum absolute atomic E-state index is 0.0947.